The molecule has 2 amide bonds. The number of benzene rings is 1. The molecule has 3 aromatic rings. The first-order valence-electron chi connectivity index (χ1n) is 10.2. The number of nitrogens with zero attached hydrogens (tertiary/aromatic N) is 5. The van der Waals surface area contributed by atoms with E-state index >= 15 is 0 Å². The average molecular weight is 489 g/mol. The first kappa shape index (κ1) is 21.5. The van der Waals surface area contributed by atoms with Gasteiger partial charge in [0.25, 0.3) is 5.91 Å². The van der Waals surface area contributed by atoms with E-state index in [1.165, 1.54) is 23.1 Å². The fourth-order valence-electron chi connectivity index (χ4n) is 3.43. The number of ether oxygens (including phenoxy) is 2. The molecular formula is C20H20N6O5S2. The lowest BCUT2D eigenvalue weighted by atomic mass is 10.1. The van der Waals surface area contributed by atoms with E-state index in [1.807, 2.05) is 4.90 Å². The van der Waals surface area contributed by atoms with Crippen LogP contribution in [-0.2, 0) is 4.79 Å². The number of anilines is 2. The molecule has 1 N–H and O–H groups in total. The summed E-state index contributed by atoms with van der Waals surface area (Å²) in [6.07, 6.45) is 0. The number of aromatic nitrogens is 3. The lowest BCUT2D eigenvalue weighted by Crippen LogP contribution is -2.48. The molecule has 0 atom stereocenters. The Morgan fingerprint density at radius 2 is 1.94 bits per heavy atom. The molecule has 33 heavy (non-hydrogen) atoms. The average Bonchev–Trinajstić information content (AvgIpc) is 3.58. The Kier molecular flexibility index (Phi) is 6.05. The molecule has 2 aromatic heterocycles. The summed E-state index contributed by atoms with van der Waals surface area (Å²) in [5.41, 5.74) is 0.585. The van der Waals surface area contributed by atoms with Crippen molar-refractivity contribution in [3.8, 4) is 11.5 Å². The second kappa shape index (κ2) is 9.27. The lowest BCUT2D eigenvalue weighted by molar-refractivity contribution is -0.113. The summed E-state index contributed by atoms with van der Waals surface area (Å²) >= 11 is 2.74. The maximum Gasteiger partial charge on any atom is 0.254 e. The van der Waals surface area contributed by atoms with Crippen LogP contribution in [-0.4, -0.2) is 70.8 Å². The Labute approximate surface area is 197 Å². The van der Waals surface area contributed by atoms with E-state index in [4.69, 9.17) is 14.0 Å². The molecular weight excluding hydrogens is 468 g/mol. The maximum absolute atomic E-state index is 12.9. The third-order valence-corrected chi connectivity index (χ3v) is 7.19. The number of aryl methyl sites for hydroxylation is 1. The van der Waals surface area contributed by atoms with Crippen LogP contribution in [0.5, 0.6) is 11.5 Å². The zero-order valence-corrected chi connectivity index (χ0v) is 19.3. The molecule has 172 valence electrons. The minimum atomic E-state index is -0.194. The zero-order valence-electron chi connectivity index (χ0n) is 17.6. The smallest absolute Gasteiger partial charge is 0.254 e. The summed E-state index contributed by atoms with van der Waals surface area (Å²) < 4.78 is 16.3. The summed E-state index contributed by atoms with van der Waals surface area (Å²) in [7, 11) is 0. The molecule has 1 fully saturated rings. The summed E-state index contributed by atoms with van der Waals surface area (Å²) in [5, 5.41) is 15.6. The molecule has 0 radical (unpaired) electrons. The van der Waals surface area contributed by atoms with Gasteiger partial charge in [0.1, 0.15) is 5.76 Å². The van der Waals surface area contributed by atoms with E-state index in [2.05, 4.69) is 25.6 Å². The third-order valence-electron chi connectivity index (χ3n) is 5.07. The van der Waals surface area contributed by atoms with Crippen LogP contribution in [0.25, 0.3) is 0 Å². The summed E-state index contributed by atoms with van der Waals surface area (Å²) in [4.78, 5) is 28.8. The Morgan fingerprint density at radius 3 is 2.73 bits per heavy atom. The van der Waals surface area contributed by atoms with Gasteiger partial charge in [0.05, 0.1) is 5.75 Å². The standard InChI is InChI=1S/C20H20N6O5S2/c1-12-8-16(24-31-12)21-17(27)10-32-20-23-22-19(33-20)26-6-4-25(5-7-26)18(28)13-2-3-14-15(9-13)30-11-29-14/h2-3,8-9H,4-7,10-11H2,1H3,(H,21,24,27). The van der Waals surface area contributed by atoms with Gasteiger partial charge in [-0.2, -0.15) is 0 Å². The summed E-state index contributed by atoms with van der Waals surface area (Å²) in [5.74, 6) is 2.25. The first-order valence-corrected chi connectivity index (χ1v) is 12.0. The Balaban J connectivity index is 1.11. The molecule has 0 aliphatic carbocycles. The van der Waals surface area contributed by atoms with Crippen molar-refractivity contribution in [1.29, 1.82) is 0 Å². The summed E-state index contributed by atoms with van der Waals surface area (Å²) in [6, 6.07) is 6.91. The molecule has 2 aliphatic rings. The van der Waals surface area contributed by atoms with Crippen molar-refractivity contribution < 1.29 is 23.6 Å². The van der Waals surface area contributed by atoms with Crippen LogP contribution in [0, 0.1) is 6.92 Å². The predicted octanol–water partition coefficient (Wildman–Crippen LogP) is 2.26. The Bertz CT molecular complexity index is 1170. The van der Waals surface area contributed by atoms with Gasteiger partial charge in [-0.25, -0.2) is 0 Å². The minimum Gasteiger partial charge on any atom is -0.454 e. The Hall–Kier alpha value is -3.32. The van der Waals surface area contributed by atoms with E-state index in [1.54, 1.807) is 31.2 Å². The van der Waals surface area contributed by atoms with Gasteiger partial charge in [0, 0.05) is 37.8 Å². The largest absolute Gasteiger partial charge is 0.454 e. The molecule has 2 aliphatic heterocycles. The van der Waals surface area contributed by atoms with Gasteiger partial charge in [-0.15, -0.1) is 10.2 Å². The first-order chi connectivity index (χ1) is 16.0. The highest BCUT2D eigenvalue weighted by Crippen LogP contribution is 2.33. The minimum absolute atomic E-state index is 0.0326. The van der Waals surface area contributed by atoms with Gasteiger partial charge in [0.2, 0.25) is 17.8 Å². The number of nitrogens with one attached hydrogen (secondary N) is 1. The Morgan fingerprint density at radius 1 is 1.12 bits per heavy atom. The topological polar surface area (TPSA) is 123 Å². The second-order valence-corrected chi connectivity index (χ2v) is 9.54. The van der Waals surface area contributed by atoms with Crippen LogP contribution in [0.4, 0.5) is 10.9 Å². The van der Waals surface area contributed by atoms with Crippen molar-refractivity contribution in [2.75, 3.05) is 48.9 Å². The van der Waals surface area contributed by atoms with E-state index < -0.39 is 0 Å². The van der Waals surface area contributed by atoms with Crippen molar-refractivity contribution in [3.63, 3.8) is 0 Å². The van der Waals surface area contributed by atoms with Gasteiger partial charge in [-0.3, -0.25) is 9.59 Å². The maximum atomic E-state index is 12.9. The van der Waals surface area contributed by atoms with Gasteiger partial charge < -0.3 is 29.1 Å². The van der Waals surface area contributed by atoms with E-state index in [9.17, 15) is 9.59 Å². The molecule has 0 spiro atoms. The molecule has 1 saturated heterocycles. The van der Waals surface area contributed by atoms with Crippen LogP contribution in [0.1, 0.15) is 16.1 Å². The fraction of sp³-hybridized carbons (Fsp3) is 0.350. The monoisotopic (exact) mass is 488 g/mol. The van der Waals surface area contributed by atoms with Crippen molar-refractivity contribution in [1.82, 2.24) is 20.3 Å². The molecule has 0 bridgehead atoms. The molecule has 11 nitrogen and oxygen atoms in total. The number of hydrogen-bond acceptors (Lipinski definition) is 11. The second-order valence-electron chi connectivity index (χ2n) is 7.36. The number of piperazine rings is 1. The highest BCUT2D eigenvalue weighted by atomic mass is 32.2. The SMILES string of the molecule is Cc1cc(NC(=O)CSc2nnc(N3CCN(C(=O)c4ccc5c(c4)OCO5)CC3)s2)no1. The van der Waals surface area contributed by atoms with Crippen molar-refractivity contribution in [2.24, 2.45) is 0 Å². The van der Waals surface area contributed by atoms with Crippen LogP contribution >= 0.6 is 23.1 Å². The van der Waals surface area contributed by atoms with Crippen LogP contribution in [0.2, 0.25) is 0 Å². The number of fused-ring (bicyclic) bond motifs is 1. The van der Waals surface area contributed by atoms with Crippen LogP contribution in [0.15, 0.2) is 33.1 Å². The zero-order chi connectivity index (χ0) is 22.8. The fourth-order valence-corrected chi connectivity index (χ4v) is 5.13. The number of thioether (sulfide) groups is 1. The van der Waals surface area contributed by atoms with Crippen molar-refractivity contribution in [3.05, 3.63) is 35.6 Å². The number of amides is 2. The van der Waals surface area contributed by atoms with E-state index in [0.717, 1.165) is 5.13 Å². The highest BCUT2D eigenvalue weighted by molar-refractivity contribution is 8.01. The molecule has 5 rings (SSSR count). The number of carbonyl (C=O) groups is 2. The third kappa shape index (κ3) is 4.88. The van der Waals surface area contributed by atoms with Gasteiger partial charge >= 0.3 is 0 Å². The van der Waals surface area contributed by atoms with Gasteiger partial charge in [0.15, 0.2) is 21.7 Å². The highest BCUT2D eigenvalue weighted by Gasteiger charge is 2.26. The molecule has 0 saturated carbocycles. The van der Waals surface area contributed by atoms with Crippen LogP contribution in [0.3, 0.4) is 0 Å². The number of rotatable bonds is 6. The van der Waals surface area contributed by atoms with Crippen LogP contribution < -0.4 is 19.7 Å². The molecule has 4 heterocycles. The van der Waals surface area contributed by atoms with E-state index in [0.29, 0.717) is 59.2 Å². The number of carbonyl (C=O) groups excluding carboxylic acids is 2. The van der Waals surface area contributed by atoms with Gasteiger partial charge in [-0.1, -0.05) is 28.3 Å². The number of hydrogen-bond donors (Lipinski definition) is 1. The quantitative estimate of drug-likeness (QED) is 0.517. The normalized spacial score (nSPS) is 15.1. The van der Waals surface area contributed by atoms with Crippen molar-refractivity contribution >= 4 is 45.9 Å². The van der Waals surface area contributed by atoms with Gasteiger partial charge in [-0.05, 0) is 25.1 Å². The molecule has 1 aromatic carbocycles. The summed E-state index contributed by atoms with van der Waals surface area (Å²) in [6.45, 7) is 4.40. The van der Waals surface area contributed by atoms with E-state index in [-0.39, 0.29) is 24.4 Å². The molecule has 13 heteroatoms. The molecule has 0 unspecified atom stereocenters. The predicted molar refractivity (Wildman–Crippen MR) is 121 cm³/mol. The lowest BCUT2D eigenvalue weighted by Gasteiger charge is -2.34. The van der Waals surface area contributed by atoms with Crippen molar-refractivity contribution in [2.45, 2.75) is 11.3 Å².